The minimum atomic E-state index is -0.532. The summed E-state index contributed by atoms with van der Waals surface area (Å²) in [5.74, 6) is 0.279. The number of amides is 1. The van der Waals surface area contributed by atoms with Crippen LogP contribution in [-0.2, 0) is 18.3 Å². The predicted molar refractivity (Wildman–Crippen MR) is 80.5 cm³/mol. The van der Waals surface area contributed by atoms with E-state index < -0.39 is 6.04 Å². The van der Waals surface area contributed by atoms with Gasteiger partial charge in [0.15, 0.2) is 0 Å². The third-order valence-electron chi connectivity index (χ3n) is 3.38. The third kappa shape index (κ3) is 3.88. The molecule has 7 heteroatoms. The molecule has 0 aliphatic heterocycles. The summed E-state index contributed by atoms with van der Waals surface area (Å²) >= 11 is 0. The molecule has 0 fully saturated rings. The van der Waals surface area contributed by atoms with Crippen molar-refractivity contribution in [2.45, 2.75) is 12.5 Å². The number of hydrogen-bond donors (Lipinski definition) is 1. The molecule has 1 aromatic carbocycles. The van der Waals surface area contributed by atoms with E-state index in [1.54, 1.807) is 42.9 Å². The summed E-state index contributed by atoms with van der Waals surface area (Å²) in [6.45, 7) is 0.449. The zero-order valence-electron chi connectivity index (χ0n) is 13.0. The smallest absolute Gasteiger partial charge is 0.241 e. The summed E-state index contributed by atoms with van der Waals surface area (Å²) in [7, 11) is 5.38. The van der Waals surface area contributed by atoms with Gasteiger partial charge >= 0.3 is 0 Å². The number of likely N-dealkylation sites (N-methyl/N-ethyl adjacent to an activating group) is 1. The monoisotopic (exact) mass is 305 g/mol. The van der Waals surface area contributed by atoms with Crippen molar-refractivity contribution in [1.82, 2.24) is 25.0 Å². The Bertz CT molecular complexity index is 640. The van der Waals surface area contributed by atoms with Gasteiger partial charge in [-0.05, 0) is 31.8 Å². The molecule has 1 N–H and O–H groups in total. The SMILES string of the molecule is CN(C)[C@H](C(=O)NCCc1ncnn1C)c1cccc(F)c1. The van der Waals surface area contributed by atoms with E-state index in [2.05, 4.69) is 15.4 Å². The number of aryl methyl sites for hydroxylation is 1. The van der Waals surface area contributed by atoms with Gasteiger partial charge in [-0.3, -0.25) is 14.4 Å². The van der Waals surface area contributed by atoms with E-state index in [4.69, 9.17) is 0 Å². The number of nitrogens with zero attached hydrogens (tertiary/aromatic N) is 4. The average Bonchev–Trinajstić information content (AvgIpc) is 2.84. The van der Waals surface area contributed by atoms with Crippen LogP contribution in [0.15, 0.2) is 30.6 Å². The Kier molecular flexibility index (Phi) is 5.21. The highest BCUT2D eigenvalue weighted by molar-refractivity contribution is 5.83. The van der Waals surface area contributed by atoms with Crippen LogP contribution in [0.4, 0.5) is 4.39 Å². The highest BCUT2D eigenvalue weighted by atomic mass is 19.1. The number of benzene rings is 1. The van der Waals surface area contributed by atoms with Crippen molar-refractivity contribution in [3.63, 3.8) is 0 Å². The van der Waals surface area contributed by atoms with Crippen LogP contribution in [0.25, 0.3) is 0 Å². The van der Waals surface area contributed by atoms with Gasteiger partial charge in [0.2, 0.25) is 5.91 Å². The van der Waals surface area contributed by atoms with Gasteiger partial charge in [0, 0.05) is 20.0 Å². The minimum absolute atomic E-state index is 0.169. The summed E-state index contributed by atoms with van der Waals surface area (Å²) in [4.78, 5) is 18.3. The molecule has 0 saturated heterocycles. The largest absolute Gasteiger partial charge is 0.354 e. The lowest BCUT2D eigenvalue weighted by Crippen LogP contribution is -2.38. The lowest BCUT2D eigenvalue weighted by atomic mass is 10.1. The fourth-order valence-corrected chi connectivity index (χ4v) is 2.30. The summed E-state index contributed by atoms with van der Waals surface area (Å²) < 4.78 is 15.0. The van der Waals surface area contributed by atoms with Gasteiger partial charge in [-0.2, -0.15) is 5.10 Å². The molecule has 6 nitrogen and oxygen atoms in total. The normalized spacial score (nSPS) is 12.4. The summed E-state index contributed by atoms with van der Waals surface area (Å²) in [6, 6.07) is 5.56. The lowest BCUT2D eigenvalue weighted by molar-refractivity contribution is -0.125. The van der Waals surface area contributed by atoms with E-state index in [9.17, 15) is 9.18 Å². The molecular formula is C15H20FN5O. The predicted octanol–water partition coefficient (Wildman–Crippen LogP) is 0.916. The number of halogens is 1. The number of carbonyl (C=O) groups is 1. The van der Waals surface area contributed by atoms with Crippen molar-refractivity contribution >= 4 is 5.91 Å². The van der Waals surface area contributed by atoms with Crippen molar-refractivity contribution in [3.8, 4) is 0 Å². The van der Waals surface area contributed by atoms with Crippen LogP contribution in [0.2, 0.25) is 0 Å². The van der Waals surface area contributed by atoms with E-state index in [-0.39, 0.29) is 11.7 Å². The molecule has 0 aliphatic carbocycles. The maximum atomic E-state index is 13.4. The Morgan fingerprint density at radius 1 is 1.45 bits per heavy atom. The highest BCUT2D eigenvalue weighted by Gasteiger charge is 2.23. The number of aromatic nitrogens is 3. The molecule has 0 bridgehead atoms. The Morgan fingerprint density at radius 2 is 2.23 bits per heavy atom. The first kappa shape index (κ1) is 16.1. The average molecular weight is 305 g/mol. The van der Waals surface area contributed by atoms with E-state index in [0.29, 0.717) is 18.5 Å². The molecule has 0 unspecified atom stereocenters. The molecule has 2 rings (SSSR count). The Labute approximate surface area is 129 Å². The molecular weight excluding hydrogens is 285 g/mol. The number of rotatable bonds is 6. The molecule has 22 heavy (non-hydrogen) atoms. The minimum Gasteiger partial charge on any atom is -0.354 e. The summed E-state index contributed by atoms with van der Waals surface area (Å²) in [6.07, 6.45) is 2.07. The summed E-state index contributed by atoms with van der Waals surface area (Å²) in [5.41, 5.74) is 0.626. The quantitative estimate of drug-likeness (QED) is 0.862. The van der Waals surface area contributed by atoms with Gasteiger partial charge in [0.25, 0.3) is 0 Å². The van der Waals surface area contributed by atoms with Crippen molar-refractivity contribution in [2.24, 2.45) is 7.05 Å². The third-order valence-corrected chi connectivity index (χ3v) is 3.38. The van der Waals surface area contributed by atoms with Crippen LogP contribution >= 0.6 is 0 Å². The van der Waals surface area contributed by atoms with Gasteiger partial charge in [0.05, 0.1) is 0 Å². The zero-order chi connectivity index (χ0) is 16.1. The van der Waals surface area contributed by atoms with Crippen molar-refractivity contribution in [2.75, 3.05) is 20.6 Å². The summed E-state index contributed by atoms with van der Waals surface area (Å²) in [5, 5.41) is 6.84. The number of carbonyl (C=O) groups excluding carboxylic acids is 1. The second-order valence-corrected chi connectivity index (χ2v) is 5.26. The van der Waals surface area contributed by atoms with Gasteiger partial charge in [-0.1, -0.05) is 12.1 Å². The molecule has 1 amide bonds. The first-order valence-electron chi connectivity index (χ1n) is 7.01. The zero-order valence-corrected chi connectivity index (χ0v) is 13.0. The van der Waals surface area contributed by atoms with Gasteiger partial charge < -0.3 is 5.32 Å². The van der Waals surface area contributed by atoms with Crippen LogP contribution in [0.5, 0.6) is 0 Å². The van der Waals surface area contributed by atoms with Crippen LogP contribution in [0.3, 0.4) is 0 Å². The van der Waals surface area contributed by atoms with E-state index >= 15 is 0 Å². The number of nitrogens with one attached hydrogen (secondary N) is 1. The molecule has 0 spiro atoms. The van der Waals surface area contributed by atoms with E-state index in [0.717, 1.165) is 5.82 Å². The molecule has 0 aliphatic rings. The second kappa shape index (κ2) is 7.13. The Balaban J connectivity index is 2.00. The van der Waals surface area contributed by atoms with E-state index in [1.165, 1.54) is 18.5 Å². The van der Waals surface area contributed by atoms with Crippen molar-refractivity contribution < 1.29 is 9.18 Å². The van der Waals surface area contributed by atoms with Crippen LogP contribution in [-0.4, -0.2) is 46.2 Å². The maximum absolute atomic E-state index is 13.4. The first-order chi connectivity index (χ1) is 10.5. The van der Waals surface area contributed by atoms with Gasteiger partial charge in [-0.15, -0.1) is 0 Å². The molecule has 1 heterocycles. The van der Waals surface area contributed by atoms with Crippen LogP contribution in [0.1, 0.15) is 17.4 Å². The van der Waals surface area contributed by atoms with Crippen LogP contribution in [0, 0.1) is 5.82 Å². The fourth-order valence-electron chi connectivity index (χ4n) is 2.30. The molecule has 1 aromatic heterocycles. The standard InChI is InChI=1S/C15H20FN5O/c1-20(2)14(11-5-4-6-12(16)9-11)15(22)17-8-7-13-18-10-19-21(13)3/h4-6,9-10,14H,7-8H2,1-3H3,(H,17,22)/t14-/m0/s1. The van der Waals surface area contributed by atoms with E-state index in [1.807, 2.05) is 0 Å². The topological polar surface area (TPSA) is 63.1 Å². The Hall–Kier alpha value is -2.28. The second-order valence-electron chi connectivity index (χ2n) is 5.26. The lowest BCUT2D eigenvalue weighted by Gasteiger charge is -2.23. The van der Waals surface area contributed by atoms with Gasteiger partial charge in [0.1, 0.15) is 24.0 Å². The van der Waals surface area contributed by atoms with Crippen molar-refractivity contribution in [1.29, 1.82) is 0 Å². The maximum Gasteiger partial charge on any atom is 0.241 e. The van der Waals surface area contributed by atoms with Crippen molar-refractivity contribution in [3.05, 3.63) is 47.8 Å². The molecule has 2 aromatic rings. The first-order valence-corrected chi connectivity index (χ1v) is 7.01. The molecule has 0 radical (unpaired) electrons. The Morgan fingerprint density at radius 3 is 2.82 bits per heavy atom. The molecule has 0 saturated carbocycles. The van der Waals surface area contributed by atoms with Crippen LogP contribution < -0.4 is 5.32 Å². The fraction of sp³-hybridized carbons (Fsp3) is 0.400. The highest BCUT2D eigenvalue weighted by Crippen LogP contribution is 2.19. The molecule has 118 valence electrons. The van der Waals surface area contributed by atoms with Gasteiger partial charge in [-0.25, -0.2) is 9.37 Å². The number of hydrogen-bond acceptors (Lipinski definition) is 4. The molecule has 1 atom stereocenters.